The van der Waals surface area contributed by atoms with Crippen LogP contribution in [0.2, 0.25) is 0 Å². The van der Waals surface area contributed by atoms with E-state index in [1.54, 1.807) is 6.07 Å². The Morgan fingerprint density at radius 1 is 1.38 bits per heavy atom. The van der Waals surface area contributed by atoms with Gasteiger partial charge in [-0.15, -0.1) is 0 Å². The minimum Gasteiger partial charge on any atom is -0.295 e. The van der Waals surface area contributed by atoms with Crippen molar-refractivity contribution in [2.45, 2.75) is 25.4 Å². The van der Waals surface area contributed by atoms with Crippen LogP contribution in [-0.2, 0) is 6.54 Å². The molecule has 16 heavy (non-hydrogen) atoms. The predicted molar refractivity (Wildman–Crippen MR) is 71.3 cm³/mol. The van der Waals surface area contributed by atoms with Gasteiger partial charge in [-0.3, -0.25) is 4.90 Å². The topological polar surface area (TPSA) is 3.24 Å². The molecule has 0 spiro atoms. The van der Waals surface area contributed by atoms with Gasteiger partial charge in [-0.1, -0.05) is 28.1 Å². The monoisotopic (exact) mass is 349 g/mol. The number of hydrogen-bond donors (Lipinski definition) is 0. The molecule has 88 valence electrons. The third-order valence-electron chi connectivity index (χ3n) is 2.84. The number of rotatable bonds is 5. The van der Waals surface area contributed by atoms with Crippen molar-refractivity contribution in [3.63, 3.8) is 0 Å². The zero-order valence-corrected chi connectivity index (χ0v) is 12.1. The Bertz CT molecular complexity index is 366. The number of alkyl halides is 1. The highest BCUT2D eigenvalue weighted by Gasteiger charge is 2.28. The number of halogens is 3. The first-order valence-corrected chi connectivity index (χ1v) is 7.36. The Balaban J connectivity index is 2.08. The van der Waals surface area contributed by atoms with Crippen LogP contribution in [0.25, 0.3) is 0 Å². The number of hydrogen-bond acceptors (Lipinski definition) is 1. The van der Waals surface area contributed by atoms with Gasteiger partial charge in [-0.2, -0.15) is 0 Å². The van der Waals surface area contributed by atoms with Crippen molar-refractivity contribution in [3.05, 3.63) is 34.1 Å². The molecule has 0 amide bonds. The van der Waals surface area contributed by atoms with Gasteiger partial charge in [-0.05, 0) is 40.4 Å². The van der Waals surface area contributed by atoms with E-state index in [4.69, 9.17) is 0 Å². The fourth-order valence-electron chi connectivity index (χ4n) is 1.83. The lowest BCUT2D eigenvalue weighted by atomic mass is 10.2. The molecule has 1 aromatic carbocycles. The summed E-state index contributed by atoms with van der Waals surface area (Å²) in [5, 5.41) is 0.969. The van der Waals surface area contributed by atoms with Gasteiger partial charge in [0.2, 0.25) is 0 Å². The third kappa shape index (κ3) is 3.05. The van der Waals surface area contributed by atoms with E-state index in [0.29, 0.717) is 10.5 Å². The van der Waals surface area contributed by atoms with Crippen LogP contribution in [0.4, 0.5) is 4.39 Å². The molecule has 1 saturated carbocycles. The van der Waals surface area contributed by atoms with Crippen molar-refractivity contribution in [2.24, 2.45) is 0 Å². The van der Waals surface area contributed by atoms with Gasteiger partial charge < -0.3 is 0 Å². The van der Waals surface area contributed by atoms with Gasteiger partial charge in [-0.25, -0.2) is 4.39 Å². The lowest BCUT2D eigenvalue weighted by Gasteiger charge is -2.21. The zero-order chi connectivity index (χ0) is 11.5. The SMILES string of the molecule is Fc1cccc(CN(CCBr)C2CC2)c1Br. The van der Waals surface area contributed by atoms with E-state index in [-0.39, 0.29) is 5.82 Å². The summed E-state index contributed by atoms with van der Waals surface area (Å²) in [4.78, 5) is 2.41. The van der Waals surface area contributed by atoms with E-state index in [1.165, 1.54) is 18.9 Å². The van der Waals surface area contributed by atoms with E-state index in [0.717, 1.165) is 24.0 Å². The lowest BCUT2D eigenvalue weighted by Crippen LogP contribution is -2.27. The lowest BCUT2D eigenvalue weighted by molar-refractivity contribution is 0.271. The van der Waals surface area contributed by atoms with Crippen LogP contribution in [0.5, 0.6) is 0 Å². The van der Waals surface area contributed by atoms with Crippen LogP contribution in [0.3, 0.4) is 0 Å². The predicted octanol–water partition coefficient (Wildman–Crippen LogP) is 3.95. The normalized spacial score (nSPS) is 15.8. The standard InChI is InChI=1S/C12H14Br2FN/c13-6-7-16(10-4-5-10)8-9-2-1-3-11(15)12(9)14/h1-3,10H,4-8H2. The highest BCUT2D eigenvalue weighted by Crippen LogP contribution is 2.30. The summed E-state index contributed by atoms with van der Waals surface area (Å²) in [6, 6.07) is 5.94. The zero-order valence-electron chi connectivity index (χ0n) is 8.93. The molecular weight excluding hydrogens is 337 g/mol. The van der Waals surface area contributed by atoms with E-state index >= 15 is 0 Å². The molecule has 0 bridgehead atoms. The van der Waals surface area contributed by atoms with Crippen LogP contribution in [0.15, 0.2) is 22.7 Å². The molecule has 0 radical (unpaired) electrons. The molecule has 0 unspecified atom stereocenters. The molecule has 4 heteroatoms. The van der Waals surface area contributed by atoms with Gasteiger partial charge in [0.05, 0.1) is 4.47 Å². The van der Waals surface area contributed by atoms with Crippen molar-refractivity contribution in [1.29, 1.82) is 0 Å². The first-order valence-electron chi connectivity index (χ1n) is 5.45. The average Bonchev–Trinajstić information content (AvgIpc) is 3.07. The molecule has 1 aromatic rings. The van der Waals surface area contributed by atoms with E-state index in [1.807, 2.05) is 6.07 Å². The van der Waals surface area contributed by atoms with Gasteiger partial charge in [0.25, 0.3) is 0 Å². The Labute approximate surface area is 112 Å². The Hall–Kier alpha value is 0.0700. The van der Waals surface area contributed by atoms with Crippen LogP contribution >= 0.6 is 31.9 Å². The minimum atomic E-state index is -0.174. The van der Waals surface area contributed by atoms with Gasteiger partial charge in [0, 0.05) is 24.5 Å². The van der Waals surface area contributed by atoms with Gasteiger partial charge >= 0.3 is 0 Å². The highest BCUT2D eigenvalue weighted by molar-refractivity contribution is 9.10. The fourth-order valence-corrected chi connectivity index (χ4v) is 2.67. The minimum absolute atomic E-state index is 0.174. The molecule has 0 saturated heterocycles. The van der Waals surface area contributed by atoms with Crippen LogP contribution < -0.4 is 0 Å². The second kappa shape index (κ2) is 5.61. The molecule has 0 aliphatic heterocycles. The van der Waals surface area contributed by atoms with Crippen LogP contribution in [0, 0.1) is 5.82 Å². The number of nitrogens with zero attached hydrogens (tertiary/aromatic N) is 1. The molecule has 0 atom stereocenters. The highest BCUT2D eigenvalue weighted by atomic mass is 79.9. The largest absolute Gasteiger partial charge is 0.295 e. The summed E-state index contributed by atoms with van der Waals surface area (Å²) in [6.07, 6.45) is 2.56. The maximum Gasteiger partial charge on any atom is 0.137 e. The molecule has 2 rings (SSSR count). The molecule has 1 nitrogen and oxygen atoms in total. The first-order chi connectivity index (χ1) is 7.72. The van der Waals surface area contributed by atoms with Crippen LogP contribution in [-0.4, -0.2) is 22.8 Å². The summed E-state index contributed by atoms with van der Waals surface area (Å²) >= 11 is 6.78. The van der Waals surface area contributed by atoms with Crippen molar-refractivity contribution >= 4 is 31.9 Å². The van der Waals surface area contributed by atoms with E-state index in [2.05, 4.69) is 36.8 Å². The fraction of sp³-hybridized carbons (Fsp3) is 0.500. The molecule has 0 heterocycles. The molecule has 1 aliphatic rings. The maximum absolute atomic E-state index is 13.4. The third-order valence-corrected chi connectivity index (χ3v) is 4.08. The Morgan fingerprint density at radius 3 is 2.75 bits per heavy atom. The first kappa shape index (κ1) is 12.5. The molecule has 0 N–H and O–H groups in total. The summed E-state index contributed by atoms with van der Waals surface area (Å²) in [7, 11) is 0. The molecular formula is C12H14Br2FN. The van der Waals surface area contributed by atoms with Crippen LogP contribution in [0.1, 0.15) is 18.4 Å². The van der Waals surface area contributed by atoms with Crippen molar-refractivity contribution in [3.8, 4) is 0 Å². The maximum atomic E-state index is 13.4. The average molecular weight is 351 g/mol. The Morgan fingerprint density at radius 2 is 2.12 bits per heavy atom. The van der Waals surface area contributed by atoms with Crippen molar-refractivity contribution in [1.82, 2.24) is 4.90 Å². The smallest absolute Gasteiger partial charge is 0.137 e. The van der Waals surface area contributed by atoms with Crippen molar-refractivity contribution < 1.29 is 4.39 Å². The number of benzene rings is 1. The summed E-state index contributed by atoms with van der Waals surface area (Å²) in [5.41, 5.74) is 1.04. The van der Waals surface area contributed by atoms with E-state index in [9.17, 15) is 4.39 Å². The second-order valence-electron chi connectivity index (χ2n) is 4.10. The van der Waals surface area contributed by atoms with Crippen molar-refractivity contribution in [2.75, 3.05) is 11.9 Å². The molecule has 1 aliphatic carbocycles. The summed E-state index contributed by atoms with van der Waals surface area (Å²) < 4.78 is 14.0. The molecule has 0 aromatic heterocycles. The van der Waals surface area contributed by atoms with E-state index < -0.39 is 0 Å². The second-order valence-corrected chi connectivity index (χ2v) is 5.69. The Kier molecular flexibility index (Phi) is 4.39. The van der Waals surface area contributed by atoms with Gasteiger partial charge in [0.15, 0.2) is 0 Å². The summed E-state index contributed by atoms with van der Waals surface area (Å²) in [6.45, 7) is 1.85. The quantitative estimate of drug-likeness (QED) is 0.727. The molecule has 1 fully saturated rings. The summed E-state index contributed by atoms with van der Waals surface area (Å²) in [5.74, 6) is -0.174. The van der Waals surface area contributed by atoms with Gasteiger partial charge in [0.1, 0.15) is 5.82 Å².